The molecule has 6 nitrogen and oxygen atoms in total. The van der Waals surface area contributed by atoms with Gasteiger partial charge in [-0.05, 0) is 39.7 Å². The summed E-state index contributed by atoms with van der Waals surface area (Å²) in [6.45, 7) is 8.66. The summed E-state index contributed by atoms with van der Waals surface area (Å²) in [5.41, 5.74) is 6.59. The Labute approximate surface area is 135 Å². The van der Waals surface area contributed by atoms with Crippen molar-refractivity contribution in [2.24, 2.45) is 11.7 Å². The van der Waals surface area contributed by atoms with E-state index in [2.05, 4.69) is 0 Å². The quantitative estimate of drug-likeness (QED) is 0.782. The van der Waals surface area contributed by atoms with Gasteiger partial charge in [-0.25, -0.2) is 4.79 Å². The highest BCUT2D eigenvalue weighted by Crippen LogP contribution is 2.44. The summed E-state index contributed by atoms with van der Waals surface area (Å²) >= 11 is 1.46. The van der Waals surface area contributed by atoms with E-state index >= 15 is 0 Å². The number of hydrogen-bond acceptors (Lipinski definition) is 6. The van der Waals surface area contributed by atoms with Gasteiger partial charge in [0.2, 0.25) is 0 Å². The number of carbonyl (C=O) groups is 2. The number of thioether (sulfide) groups is 1. The van der Waals surface area contributed by atoms with Crippen molar-refractivity contribution in [2.45, 2.75) is 45.1 Å². The van der Waals surface area contributed by atoms with E-state index in [1.165, 1.54) is 11.8 Å². The minimum atomic E-state index is -0.515. The van der Waals surface area contributed by atoms with E-state index in [-0.39, 0.29) is 23.4 Å². The molecule has 0 aromatic rings. The van der Waals surface area contributed by atoms with Crippen LogP contribution in [0.15, 0.2) is 10.5 Å². The van der Waals surface area contributed by atoms with E-state index in [9.17, 15) is 9.59 Å². The number of nitrogens with two attached hydrogens (primary N) is 1. The Kier molecular flexibility index (Phi) is 5.07. The van der Waals surface area contributed by atoms with Crippen molar-refractivity contribution in [3.05, 3.63) is 10.5 Å². The molecule has 0 aromatic carbocycles. The van der Waals surface area contributed by atoms with Crippen LogP contribution in [0.4, 0.5) is 4.79 Å². The molecule has 0 radical (unpaired) electrons. The summed E-state index contributed by atoms with van der Waals surface area (Å²) in [6, 6.07) is 0. The lowest BCUT2D eigenvalue weighted by Gasteiger charge is -2.31. The van der Waals surface area contributed by atoms with Crippen LogP contribution in [-0.4, -0.2) is 47.6 Å². The Balaban J connectivity index is 2.07. The molecular weight excluding hydrogens is 304 g/mol. The van der Waals surface area contributed by atoms with Gasteiger partial charge < -0.3 is 20.1 Å². The highest BCUT2D eigenvalue weighted by Gasteiger charge is 2.42. The third-order valence-electron chi connectivity index (χ3n) is 3.52. The smallest absolute Gasteiger partial charge is 0.410 e. The lowest BCUT2D eigenvalue weighted by molar-refractivity contribution is -0.146. The molecule has 1 amide bonds. The second-order valence-electron chi connectivity index (χ2n) is 6.41. The molecule has 0 saturated carbocycles. The van der Waals surface area contributed by atoms with Crippen LogP contribution in [-0.2, 0) is 14.3 Å². The predicted molar refractivity (Wildman–Crippen MR) is 85.1 cm³/mol. The van der Waals surface area contributed by atoms with Crippen molar-refractivity contribution < 1.29 is 19.1 Å². The summed E-state index contributed by atoms with van der Waals surface area (Å²) in [5, 5.41) is -0.331. The first-order chi connectivity index (χ1) is 10.2. The van der Waals surface area contributed by atoms with E-state index in [0.717, 1.165) is 10.5 Å². The summed E-state index contributed by atoms with van der Waals surface area (Å²) < 4.78 is 10.5. The molecule has 2 rings (SSSR count). The van der Waals surface area contributed by atoms with Crippen LogP contribution in [0.1, 0.15) is 34.1 Å². The average Bonchev–Trinajstić information content (AvgIpc) is 2.71. The second-order valence-corrected chi connectivity index (χ2v) is 7.69. The summed E-state index contributed by atoms with van der Waals surface area (Å²) in [7, 11) is 0. The van der Waals surface area contributed by atoms with Gasteiger partial charge in [-0.1, -0.05) is 0 Å². The molecule has 0 aromatic heterocycles. The maximum Gasteiger partial charge on any atom is 0.410 e. The third kappa shape index (κ3) is 3.76. The minimum absolute atomic E-state index is 0.266. The highest BCUT2D eigenvalue weighted by molar-refractivity contribution is 8.04. The Morgan fingerprint density at radius 2 is 2.09 bits per heavy atom. The van der Waals surface area contributed by atoms with Gasteiger partial charge in [0, 0.05) is 11.4 Å². The molecule has 0 bridgehead atoms. The molecule has 2 aliphatic rings. The Morgan fingerprint density at radius 3 is 2.68 bits per heavy atom. The topological polar surface area (TPSA) is 81.9 Å². The molecule has 0 spiro atoms. The van der Waals surface area contributed by atoms with Crippen LogP contribution in [0.3, 0.4) is 0 Å². The zero-order valence-electron chi connectivity index (χ0n) is 13.5. The van der Waals surface area contributed by atoms with Crippen molar-refractivity contribution in [3.63, 3.8) is 0 Å². The molecule has 2 atom stereocenters. The summed E-state index contributed by atoms with van der Waals surface area (Å²) in [5.74, 6) is -0.654. The van der Waals surface area contributed by atoms with E-state index in [1.54, 1.807) is 11.8 Å². The zero-order valence-corrected chi connectivity index (χ0v) is 14.4. The maximum absolute atomic E-state index is 12.2. The number of ether oxygens (including phenoxy) is 2. The zero-order chi connectivity index (χ0) is 16.5. The Bertz CT molecular complexity index is 498. The van der Waals surface area contributed by atoms with Crippen molar-refractivity contribution in [1.29, 1.82) is 0 Å². The van der Waals surface area contributed by atoms with E-state index in [1.807, 2.05) is 20.8 Å². The molecule has 124 valence electrons. The van der Waals surface area contributed by atoms with Gasteiger partial charge in [0.05, 0.1) is 18.5 Å². The normalized spacial score (nSPS) is 25.0. The number of hydrogen-bond donors (Lipinski definition) is 1. The van der Waals surface area contributed by atoms with E-state index < -0.39 is 5.60 Å². The fraction of sp³-hybridized carbons (Fsp3) is 0.733. The van der Waals surface area contributed by atoms with Gasteiger partial charge in [-0.2, -0.15) is 0 Å². The van der Waals surface area contributed by atoms with Gasteiger partial charge in [0.15, 0.2) is 0 Å². The molecular formula is C15H24N2O4S. The average molecular weight is 328 g/mol. The van der Waals surface area contributed by atoms with Crippen LogP contribution in [0.2, 0.25) is 0 Å². The van der Waals surface area contributed by atoms with Crippen molar-refractivity contribution in [1.82, 2.24) is 4.90 Å². The van der Waals surface area contributed by atoms with Gasteiger partial charge in [0.25, 0.3) is 0 Å². The first-order valence-corrected chi connectivity index (χ1v) is 8.39. The molecule has 2 N–H and O–H groups in total. The highest BCUT2D eigenvalue weighted by atomic mass is 32.2. The van der Waals surface area contributed by atoms with Crippen LogP contribution in [0.5, 0.6) is 0 Å². The maximum atomic E-state index is 12.2. The Hall–Kier alpha value is -1.21. The van der Waals surface area contributed by atoms with Crippen molar-refractivity contribution >= 4 is 23.8 Å². The van der Waals surface area contributed by atoms with Gasteiger partial charge >= 0.3 is 12.1 Å². The number of carbonyl (C=O) groups excluding carboxylic acids is 2. The first-order valence-electron chi connectivity index (χ1n) is 7.51. The molecule has 2 aliphatic heterocycles. The number of rotatable bonds is 2. The lowest BCUT2D eigenvalue weighted by Crippen LogP contribution is -2.41. The molecule has 2 heterocycles. The lowest BCUT2D eigenvalue weighted by atomic mass is 9.93. The summed E-state index contributed by atoms with van der Waals surface area (Å²) in [4.78, 5) is 26.9. The fourth-order valence-electron chi connectivity index (χ4n) is 2.61. The predicted octanol–water partition coefficient (Wildman–Crippen LogP) is 2.09. The molecule has 7 heteroatoms. The summed E-state index contributed by atoms with van der Waals surface area (Å²) in [6.07, 6.45) is 0.312. The first kappa shape index (κ1) is 17.1. The van der Waals surface area contributed by atoms with Crippen molar-refractivity contribution in [3.8, 4) is 0 Å². The standard InChI is InChI=1S/C15H24N2O4S/c1-5-20-13(18)11-9-6-7-17(8-10(9)22-12(11)16)14(19)21-15(2,3)4/h11-12H,5-8,16H2,1-4H3/t11-,12+/m0/s1. The van der Waals surface area contributed by atoms with E-state index in [4.69, 9.17) is 15.2 Å². The molecule has 22 heavy (non-hydrogen) atoms. The van der Waals surface area contributed by atoms with Crippen LogP contribution >= 0.6 is 11.8 Å². The van der Waals surface area contributed by atoms with E-state index in [0.29, 0.717) is 26.1 Å². The van der Waals surface area contributed by atoms with Crippen LogP contribution in [0.25, 0.3) is 0 Å². The number of amides is 1. The van der Waals surface area contributed by atoms with Crippen LogP contribution < -0.4 is 5.73 Å². The number of nitrogens with zero attached hydrogens (tertiary/aromatic N) is 1. The fourth-order valence-corrected chi connectivity index (χ4v) is 3.96. The number of esters is 1. The molecule has 0 fully saturated rings. The van der Waals surface area contributed by atoms with Gasteiger partial charge in [0.1, 0.15) is 11.5 Å². The second kappa shape index (κ2) is 6.50. The minimum Gasteiger partial charge on any atom is -0.465 e. The van der Waals surface area contributed by atoms with Gasteiger partial charge in [-0.15, -0.1) is 11.8 Å². The third-order valence-corrected chi connectivity index (χ3v) is 4.74. The Morgan fingerprint density at radius 1 is 1.41 bits per heavy atom. The largest absolute Gasteiger partial charge is 0.465 e. The van der Waals surface area contributed by atoms with Crippen molar-refractivity contribution in [2.75, 3.05) is 19.7 Å². The monoisotopic (exact) mass is 328 g/mol. The molecule has 0 aliphatic carbocycles. The molecule has 0 unspecified atom stereocenters. The van der Waals surface area contributed by atoms with Crippen LogP contribution in [0, 0.1) is 5.92 Å². The molecule has 0 saturated heterocycles. The van der Waals surface area contributed by atoms with Gasteiger partial charge in [-0.3, -0.25) is 4.79 Å². The SMILES string of the molecule is CCOC(=O)[C@H]1C2=C(CN(C(=O)OC(C)(C)C)CC2)S[C@H]1N.